The van der Waals surface area contributed by atoms with Gasteiger partial charge in [-0.3, -0.25) is 4.79 Å². The van der Waals surface area contributed by atoms with Crippen molar-refractivity contribution >= 4 is 5.97 Å². The van der Waals surface area contributed by atoms with Gasteiger partial charge in [0.1, 0.15) is 0 Å². The lowest BCUT2D eigenvalue weighted by Gasteiger charge is -2.61. The third-order valence-electron chi connectivity index (χ3n) is 12.4. The molecule has 0 saturated heterocycles. The van der Waals surface area contributed by atoms with E-state index in [-0.39, 0.29) is 5.97 Å². The summed E-state index contributed by atoms with van der Waals surface area (Å²) in [4.78, 5) is 14.2. The van der Waals surface area contributed by atoms with Crippen molar-refractivity contribution in [1.82, 2.24) is 10.2 Å². The van der Waals surface area contributed by atoms with Gasteiger partial charge in [0.2, 0.25) is 0 Å². The number of hydrogen-bond donors (Lipinski definition) is 2. The Hall–Kier alpha value is -0.650. The van der Waals surface area contributed by atoms with Crippen molar-refractivity contribution in [2.24, 2.45) is 52.1 Å². The lowest BCUT2D eigenvalue weighted by atomic mass is 9.44. The molecule has 9 atom stereocenters. The van der Waals surface area contributed by atoms with Crippen LogP contribution in [0.5, 0.6) is 0 Å². The van der Waals surface area contributed by atoms with Crippen LogP contribution in [-0.2, 0) is 9.53 Å². The van der Waals surface area contributed by atoms with Gasteiger partial charge in [0.25, 0.3) is 0 Å². The second kappa shape index (κ2) is 12.7. The Bertz CT molecular complexity index is 746. The van der Waals surface area contributed by atoms with Gasteiger partial charge in [0, 0.05) is 12.5 Å². The predicted octanol–water partition coefficient (Wildman–Crippen LogP) is 5.86. The second-order valence-electron chi connectivity index (χ2n) is 14.2. The Morgan fingerprint density at radius 1 is 1.03 bits per heavy atom. The zero-order valence-electron chi connectivity index (χ0n) is 24.9. The quantitative estimate of drug-likeness (QED) is 0.251. The monoisotopic (exact) mass is 517 g/mol. The maximum Gasteiger partial charge on any atom is 0.305 e. The largest absolute Gasteiger partial charge is 0.469 e. The van der Waals surface area contributed by atoms with E-state index in [1.807, 2.05) is 0 Å². The van der Waals surface area contributed by atoms with Gasteiger partial charge >= 0.3 is 5.97 Å². The highest BCUT2D eigenvalue weighted by Gasteiger charge is 2.60. The molecule has 5 heteroatoms. The van der Waals surface area contributed by atoms with Gasteiger partial charge in [-0.1, -0.05) is 20.8 Å². The number of carbonyl (C=O) groups is 1. The number of hydrogen-bond acceptors (Lipinski definition) is 5. The first kappa shape index (κ1) is 29.3. The van der Waals surface area contributed by atoms with Crippen molar-refractivity contribution < 1.29 is 9.53 Å². The normalized spacial score (nSPS) is 40.1. The van der Waals surface area contributed by atoms with E-state index in [1.165, 1.54) is 77.9 Å². The number of nitrogens with one attached hydrogen (secondary N) is 1. The van der Waals surface area contributed by atoms with Crippen molar-refractivity contribution in [3.63, 3.8) is 0 Å². The molecular weight excluding hydrogens is 458 g/mol. The summed E-state index contributed by atoms with van der Waals surface area (Å²) in [6, 6.07) is 0.726. The Morgan fingerprint density at radius 3 is 2.51 bits per heavy atom. The zero-order valence-corrected chi connectivity index (χ0v) is 24.9. The molecule has 3 N–H and O–H groups in total. The maximum atomic E-state index is 11.8. The molecule has 4 unspecified atom stereocenters. The van der Waals surface area contributed by atoms with Crippen LogP contribution in [0.3, 0.4) is 0 Å². The number of methoxy groups -OCH3 is 1. The van der Waals surface area contributed by atoms with Crippen LogP contribution in [0.2, 0.25) is 0 Å². The van der Waals surface area contributed by atoms with Gasteiger partial charge in [-0.15, -0.1) is 0 Å². The second-order valence-corrected chi connectivity index (χ2v) is 14.2. The fourth-order valence-corrected chi connectivity index (χ4v) is 10.2. The molecule has 0 aromatic heterocycles. The first-order valence-electron chi connectivity index (χ1n) is 15.9. The highest BCUT2D eigenvalue weighted by atomic mass is 16.5. The smallest absolute Gasteiger partial charge is 0.305 e. The average molecular weight is 518 g/mol. The van der Waals surface area contributed by atoms with E-state index < -0.39 is 0 Å². The number of rotatable bonds is 12. The SMILES string of the molecule is COC(=O)CC[C@@H](C)[C@H]1CCC2C3CCC4C[C@@H](NCCCN(C)CCCN)CC[C@]4(C)C3CC[C@@]21C. The van der Waals surface area contributed by atoms with Gasteiger partial charge < -0.3 is 20.7 Å². The van der Waals surface area contributed by atoms with Crippen LogP contribution in [0.25, 0.3) is 0 Å². The van der Waals surface area contributed by atoms with Gasteiger partial charge in [-0.05, 0) is 157 Å². The van der Waals surface area contributed by atoms with Crippen LogP contribution in [0.1, 0.15) is 104 Å². The van der Waals surface area contributed by atoms with E-state index in [1.54, 1.807) is 0 Å². The molecular formula is C32H59N3O2. The predicted molar refractivity (Wildman–Crippen MR) is 153 cm³/mol. The Kier molecular flexibility index (Phi) is 10.1. The molecule has 0 aromatic carbocycles. The number of carbonyl (C=O) groups excluding carboxylic acids is 1. The van der Waals surface area contributed by atoms with Crippen LogP contribution in [0.4, 0.5) is 0 Å². The number of nitrogens with zero attached hydrogens (tertiary/aromatic N) is 1. The van der Waals surface area contributed by atoms with Gasteiger partial charge in [-0.25, -0.2) is 0 Å². The molecule has 4 rings (SSSR count). The van der Waals surface area contributed by atoms with E-state index in [0.29, 0.717) is 23.2 Å². The number of ether oxygens (including phenoxy) is 1. The summed E-state index contributed by atoms with van der Waals surface area (Å²) in [6.07, 6.45) is 16.7. The molecule has 0 spiro atoms. The third-order valence-corrected chi connectivity index (χ3v) is 12.4. The van der Waals surface area contributed by atoms with Crippen molar-refractivity contribution in [2.45, 2.75) is 110 Å². The molecule has 0 amide bonds. The third kappa shape index (κ3) is 6.24. The number of nitrogens with two attached hydrogens (primary N) is 1. The first-order valence-corrected chi connectivity index (χ1v) is 15.9. The van der Waals surface area contributed by atoms with E-state index in [2.05, 4.69) is 38.0 Å². The van der Waals surface area contributed by atoms with Gasteiger partial charge in [0.05, 0.1) is 7.11 Å². The molecule has 4 aliphatic carbocycles. The van der Waals surface area contributed by atoms with Crippen molar-refractivity contribution in [3.8, 4) is 0 Å². The molecule has 214 valence electrons. The van der Waals surface area contributed by atoms with Gasteiger partial charge in [0.15, 0.2) is 0 Å². The van der Waals surface area contributed by atoms with Crippen molar-refractivity contribution in [1.29, 1.82) is 0 Å². The minimum atomic E-state index is -0.0403. The highest BCUT2D eigenvalue weighted by Crippen LogP contribution is 2.68. The molecule has 0 heterocycles. The Labute approximate surface area is 228 Å². The number of fused-ring (bicyclic) bond motifs is 5. The van der Waals surface area contributed by atoms with E-state index in [9.17, 15) is 4.79 Å². The average Bonchev–Trinajstić information content (AvgIpc) is 3.25. The minimum absolute atomic E-state index is 0.0403. The summed E-state index contributed by atoms with van der Waals surface area (Å²) in [7, 11) is 3.75. The summed E-state index contributed by atoms with van der Waals surface area (Å²) in [5.41, 5.74) is 6.69. The van der Waals surface area contributed by atoms with Crippen LogP contribution >= 0.6 is 0 Å². The molecule has 37 heavy (non-hydrogen) atoms. The summed E-state index contributed by atoms with van der Waals surface area (Å²) in [5, 5.41) is 3.96. The first-order chi connectivity index (χ1) is 17.7. The molecule has 0 aliphatic heterocycles. The molecule has 0 bridgehead atoms. The van der Waals surface area contributed by atoms with Crippen LogP contribution in [-0.4, -0.2) is 57.2 Å². The fraction of sp³-hybridized carbons (Fsp3) is 0.969. The molecule has 0 radical (unpaired) electrons. The minimum Gasteiger partial charge on any atom is -0.469 e. The standard InChI is InChI=1S/C32H59N3O2/c1-23(8-13-30(36)37-5)27-11-12-28-26-10-9-24-22-25(34-19-7-21-35(4)20-6-18-33)14-16-31(24,2)29(26)15-17-32(27,28)3/h23-29,34H,6-22,33H2,1-5H3/t23-,24?,25+,26?,27-,28?,29?,31+,32-/m1/s1. The summed E-state index contributed by atoms with van der Waals surface area (Å²) in [6.45, 7) is 12.0. The van der Waals surface area contributed by atoms with Crippen LogP contribution in [0, 0.1) is 46.3 Å². The lowest BCUT2D eigenvalue weighted by Crippen LogP contribution is -2.55. The Morgan fingerprint density at radius 2 is 1.76 bits per heavy atom. The fourth-order valence-electron chi connectivity index (χ4n) is 10.2. The van der Waals surface area contributed by atoms with Crippen LogP contribution in [0.15, 0.2) is 0 Å². The van der Waals surface area contributed by atoms with Gasteiger partial charge in [-0.2, -0.15) is 0 Å². The van der Waals surface area contributed by atoms with Crippen molar-refractivity contribution in [3.05, 3.63) is 0 Å². The highest BCUT2D eigenvalue weighted by molar-refractivity contribution is 5.69. The molecule has 0 aromatic rings. The van der Waals surface area contributed by atoms with Crippen molar-refractivity contribution in [2.75, 3.05) is 40.3 Å². The molecule has 4 aliphatic rings. The maximum absolute atomic E-state index is 11.8. The van der Waals surface area contributed by atoms with E-state index in [4.69, 9.17) is 10.5 Å². The lowest BCUT2D eigenvalue weighted by molar-refractivity contribution is -0.141. The van der Waals surface area contributed by atoms with E-state index in [0.717, 1.165) is 68.1 Å². The van der Waals surface area contributed by atoms with Crippen LogP contribution < -0.4 is 11.1 Å². The molecule has 4 saturated carbocycles. The molecule has 4 fully saturated rings. The zero-order chi connectivity index (χ0) is 26.6. The summed E-state index contributed by atoms with van der Waals surface area (Å²) in [5.74, 6) is 5.05. The summed E-state index contributed by atoms with van der Waals surface area (Å²) < 4.78 is 4.93. The Balaban J connectivity index is 1.29. The topological polar surface area (TPSA) is 67.6 Å². The number of esters is 1. The molecule has 5 nitrogen and oxygen atoms in total. The summed E-state index contributed by atoms with van der Waals surface area (Å²) >= 11 is 0. The van der Waals surface area contributed by atoms with E-state index >= 15 is 0 Å².